The van der Waals surface area contributed by atoms with Crippen LogP contribution in [0.1, 0.15) is 5.89 Å². The van der Waals surface area contributed by atoms with Gasteiger partial charge in [-0.2, -0.15) is 0 Å². The van der Waals surface area contributed by atoms with Gasteiger partial charge >= 0.3 is 0 Å². The first-order valence-electron chi connectivity index (χ1n) is 9.64. The number of amides is 1. The number of hydrogen-bond acceptors (Lipinski definition) is 6. The van der Waals surface area contributed by atoms with Crippen molar-refractivity contribution in [1.82, 2.24) is 20.0 Å². The third kappa shape index (κ3) is 5.37. The van der Waals surface area contributed by atoms with E-state index in [0.29, 0.717) is 40.6 Å². The summed E-state index contributed by atoms with van der Waals surface area (Å²) < 4.78 is 5.78. The third-order valence-corrected chi connectivity index (χ3v) is 5.48. The molecule has 30 heavy (non-hydrogen) atoms. The molecule has 156 valence electrons. The molecule has 3 aromatic rings. The Morgan fingerprint density at radius 3 is 2.40 bits per heavy atom. The quantitative estimate of drug-likeness (QED) is 0.621. The van der Waals surface area contributed by atoms with Crippen LogP contribution in [0.15, 0.2) is 52.9 Å². The maximum Gasteiger partial charge on any atom is 0.247 e. The molecule has 0 bridgehead atoms. The topological polar surface area (TPSA) is 74.5 Å². The van der Waals surface area contributed by atoms with Gasteiger partial charge in [-0.05, 0) is 36.4 Å². The van der Waals surface area contributed by atoms with Crippen LogP contribution in [-0.2, 0) is 11.3 Å². The van der Waals surface area contributed by atoms with Crippen LogP contribution in [0.2, 0.25) is 10.0 Å². The highest BCUT2D eigenvalue weighted by molar-refractivity contribution is 6.33. The lowest BCUT2D eigenvalue weighted by Crippen LogP contribution is -2.48. The summed E-state index contributed by atoms with van der Waals surface area (Å²) in [6, 6.07) is 14.5. The first-order valence-corrected chi connectivity index (χ1v) is 10.4. The number of piperazine rings is 1. The van der Waals surface area contributed by atoms with E-state index >= 15 is 0 Å². The molecule has 0 aliphatic carbocycles. The average molecular weight is 446 g/mol. The summed E-state index contributed by atoms with van der Waals surface area (Å²) in [6.07, 6.45) is 0. The molecule has 1 aliphatic rings. The molecule has 0 spiro atoms. The number of anilines is 1. The van der Waals surface area contributed by atoms with Gasteiger partial charge in [0.1, 0.15) is 0 Å². The van der Waals surface area contributed by atoms with E-state index in [1.165, 1.54) is 0 Å². The van der Waals surface area contributed by atoms with Gasteiger partial charge < -0.3 is 9.73 Å². The van der Waals surface area contributed by atoms with Gasteiger partial charge in [-0.25, -0.2) is 0 Å². The Morgan fingerprint density at radius 1 is 0.967 bits per heavy atom. The number of nitrogens with zero attached hydrogens (tertiary/aromatic N) is 4. The average Bonchev–Trinajstić information content (AvgIpc) is 3.20. The standard InChI is InChI=1S/C21H21Cl2N5O2/c22-16-7-5-15(6-8-16)21-26-25-20(30-21)14-28-11-9-27(10-12-28)13-19(29)24-18-4-2-1-3-17(18)23/h1-8H,9-14H2,(H,24,29). The Kier molecular flexibility index (Phi) is 6.64. The van der Waals surface area contributed by atoms with Crippen molar-refractivity contribution >= 4 is 34.8 Å². The first kappa shape index (κ1) is 20.8. The van der Waals surface area contributed by atoms with Crippen molar-refractivity contribution in [2.45, 2.75) is 6.54 Å². The number of carbonyl (C=O) groups excluding carboxylic acids is 1. The van der Waals surface area contributed by atoms with Gasteiger partial charge in [0.2, 0.25) is 17.7 Å². The number of benzene rings is 2. The maximum absolute atomic E-state index is 12.3. The van der Waals surface area contributed by atoms with Gasteiger partial charge in [0, 0.05) is 36.8 Å². The van der Waals surface area contributed by atoms with Crippen LogP contribution >= 0.6 is 23.2 Å². The summed E-state index contributed by atoms with van der Waals surface area (Å²) in [4.78, 5) is 16.7. The molecular weight excluding hydrogens is 425 g/mol. The molecule has 1 aliphatic heterocycles. The van der Waals surface area contributed by atoms with Gasteiger partial charge in [-0.15, -0.1) is 10.2 Å². The minimum Gasteiger partial charge on any atom is -0.419 e. The van der Waals surface area contributed by atoms with Gasteiger partial charge in [0.15, 0.2) is 0 Å². The van der Waals surface area contributed by atoms with Crippen LogP contribution in [0.5, 0.6) is 0 Å². The number of aromatic nitrogens is 2. The first-order chi connectivity index (χ1) is 14.6. The molecule has 0 unspecified atom stereocenters. The molecule has 1 fully saturated rings. The smallest absolute Gasteiger partial charge is 0.247 e. The highest BCUT2D eigenvalue weighted by atomic mass is 35.5. The van der Waals surface area contributed by atoms with Crippen molar-refractivity contribution in [1.29, 1.82) is 0 Å². The molecule has 1 aromatic heterocycles. The van der Waals surface area contributed by atoms with E-state index in [9.17, 15) is 4.79 Å². The Labute approximate surface area is 184 Å². The van der Waals surface area contributed by atoms with E-state index in [0.717, 1.165) is 31.7 Å². The lowest BCUT2D eigenvalue weighted by atomic mass is 10.2. The Hall–Kier alpha value is -2.45. The summed E-state index contributed by atoms with van der Waals surface area (Å²) in [6.45, 7) is 4.12. The number of nitrogens with one attached hydrogen (secondary N) is 1. The van der Waals surface area contributed by atoms with Gasteiger partial charge in [0.25, 0.3) is 0 Å². The molecule has 0 radical (unpaired) electrons. The van der Waals surface area contributed by atoms with Crippen molar-refractivity contribution in [3.05, 3.63) is 64.5 Å². The molecule has 1 amide bonds. The lowest BCUT2D eigenvalue weighted by Gasteiger charge is -2.33. The van der Waals surface area contributed by atoms with Gasteiger partial charge in [0.05, 0.1) is 23.8 Å². The summed E-state index contributed by atoms with van der Waals surface area (Å²) in [5, 5.41) is 12.3. The number of carbonyl (C=O) groups is 1. The molecule has 1 N–H and O–H groups in total. The zero-order valence-electron chi connectivity index (χ0n) is 16.2. The van der Waals surface area contributed by atoms with E-state index in [4.69, 9.17) is 27.6 Å². The largest absolute Gasteiger partial charge is 0.419 e. The van der Waals surface area contributed by atoms with Crippen molar-refractivity contribution < 1.29 is 9.21 Å². The third-order valence-electron chi connectivity index (χ3n) is 4.90. The van der Waals surface area contributed by atoms with Crippen molar-refractivity contribution in [3.8, 4) is 11.5 Å². The van der Waals surface area contributed by atoms with Crippen LogP contribution in [0, 0.1) is 0 Å². The van der Waals surface area contributed by atoms with Crippen LogP contribution in [-0.4, -0.2) is 58.6 Å². The molecule has 1 saturated heterocycles. The molecule has 7 nitrogen and oxygen atoms in total. The van der Waals surface area contributed by atoms with Crippen molar-refractivity contribution in [2.75, 3.05) is 38.0 Å². The fraction of sp³-hybridized carbons (Fsp3) is 0.286. The SMILES string of the molecule is O=C(CN1CCN(Cc2nnc(-c3ccc(Cl)cc3)o2)CC1)Nc1ccccc1Cl. The molecule has 4 rings (SSSR count). The van der Waals surface area contributed by atoms with Gasteiger partial charge in [-0.1, -0.05) is 35.3 Å². The predicted octanol–water partition coefficient (Wildman–Crippen LogP) is 3.80. The Morgan fingerprint density at radius 2 is 1.67 bits per heavy atom. The normalized spacial score (nSPS) is 15.3. The maximum atomic E-state index is 12.3. The van der Waals surface area contributed by atoms with Crippen LogP contribution < -0.4 is 5.32 Å². The fourth-order valence-corrected chi connectivity index (χ4v) is 3.59. The zero-order chi connectivity index (χ0) is 20.9. The Bertz CT molecular complexity index is 1000. The van der Waals surface area contributed by atoms with Crippen LogP contribution in [0.3, 0.4) is 0 Å². The molecular formula is C21H21Cl2N5O2. The highest BCUT2D eigenvalue weighted by Gasteiger charge is 2.21. The lowest BCUT2D eigenvalue weighted by molar-refractivity contribution is -0.117. The van der Waals surface area contributed by atoms with Gasteiger partial charge in [-0.3, -0.25) is 14.6 Å². The van der Waals surface area contributed by atoms with E-state index in [1.807, 2.05) is 24.3 Å². The number of rotatable bonds is 6. The summed E-state index contributed by atoms with van der Waals surface area (Å²) >= 11 is 12.0. The summed E-state index contributed by atoms with van der Waals surface area (Å²) in [5.74, 6) is 0.988. The zero-order valence-corrected chi connectivity index (χ0v) is 17.7. The molecule has 0 saturated carbocycles. The second kappa shape index (κ2) is 9.57. The van der Waals surface area contributed by atoms with E-state index in [-0.39, 0.29) is 5.91 Å². The number of hydrogen-bond donors (Lipinski definition) is 1. The molecule has 9 heteroatoms. The Balaban J connectivity index is 1.24. The highest BCUT2D eigenvalue weighted by Crippen LogP contribution is 2.22. The monoisotopic (exact) mass is 445 g/mol. The van der Waals surface area contributed by atoms with Crippen molar-refractivity contribution in [2.24, 2.45) is 0 Å². The molecule has 2 aromatic carbocycles. The molecule has 2 heterocycles. The summed E-state index contributed by atoms with van der Waals surface area (Å²) in [5.41, 5.74) is 1.48. The second-order valence-electron chi connectivity index (χ2n) is 7.09. The number of para-hydroxylation sites is 1. The number of halogens is 2. The second-order valence-corrected chi connectivity index (χ2v) is 7.93. The predicted molar refractivity (Wildman–Crippen MR) is 117 cm³/mol. The van der Waals surface area contributed by atoms with Crippen molar-refractivity contribution in [3.63, 3.8) is 0 Å². The van der Waals surface area contributed by atoms with Crippen LogP contribution in [0.4, 0.5) is 5.69 Å². The fourth-order valence-electron chi connectivity index (χ4n) is 3.28. The van der Waals surface area contributed by atoms with Crippen LogP contribution in [0.25, 0.3) is 11.5 Å². The minimum atomic E-state index is -0.0685. The van der Waals surface area contributed by atoms with E-state index in [1.54, 1.807) is 24.3 Å². The van der Waals surface area contributed by atoms with E-state index < -0.39 is 0 Å². The minimum absolute atomic E-state index is 0.0685. The van der Waals surface area contributed by atoms with E-state index in [2.05, 4.69) is 25.3 Å². The summed E-state index contributed by atoms with van der Waals surface area (Å²) in [7, 11) is 0. The molecule has 0 atom stereocenters.